The van der Waals surface area contributed by atoms with Crippen LogP contribution < -0.4 is 0 Å². The van der Waals surface area contributed by atoms with Crippen molar-refractivity contribution in [2.24, 2.45) is 0 Å². The summed E-state index contributed by atoms with van der Waals surface area (Å²) in [6.07, 6.45) is 5.43. The SMILES string of the molecule is Cc1cnc(C2=CCCN(Cc3ccccc3)C2)c(C)c1. The summed E-state index contributed by atoms with van der Waals surface area (Å²) in [6.45, 7) is 7.39. The van der Waals surface area contributed by atoms with Gasteiger partial charge in [0.2, 0.25) is 0 Å². The molecule has 0 saturated heterocycles. The molecule has 0 fully saturated rings. The Kier molecular flexibility index (Phi) is 4.16. The summed E-state index contributed by atoms with van der Waals surface area (Å²) in [4.78, 5) is 7.15. The average molecular weight is 278 g/mol. The fourth-order valence-corrected chi connectivity index (χ4v) is 3.01. The summed E-state index contributed by atoms with van der Waals surface area (Å²) < 4.78 is 0. The molecule has 1 aliphatic rings. The number of hydrogen-bond donors (Lipinski definition) is 0. The molecule has 2 heterocycles. The minimum atomic E-state index is 0.992. The Hall–Kier alpha value is -1.93. The third-order valence-corrected chi connectivity index (χ3v) is 4.00. The minimum Gasteiger partial charge on any atom is -0.294 e. The summed E-state index contributed by atoms with van der Waals surface area (Å²) in [5.41, 5.74) is 6.43. The molecule has 21 heavy (non-hydrogen) atoms. The van der Waals surface area contributed by atoms with E-state index in [4.69, 9.17) is 0 Å². The summed E-state index contributed by atoms with van der Waals surface area (Å²) in [5.74, 6) is 0. The molecule has 0 radical (unpaired) electrons. The molecule has 0 spiro atoms. The van der Waals surface area contributed by atoms with Gasteiger partial charge in [0.05, 0.1) is 5.69 Å². The molecule has 0 aliphatic carbocycles. The molecule has 0 atom stereocenters. The van der Waals surface area contributed by atoms with Gasteiger partial charge in [-0.2, -0.15) is 0 Å². The molecular weight excluding hydrogens is 256 g/mol. The highest BCUT2D eigenvalue weighted by Gasteiger charge is 2.16. The van der Waals surface area contributed by atoms with Gasteiger partial charge in [-0.25, -0.2) is 0 Å². The van der Waals surface area contributed by atoms with Crippen molar-refractivity contribution in [3.63, 3.8) is 0 Å². The molecule has 2 heteroatoms. The Morgan fingerprint density at radius 3 is 2.71 bits per heavy atom. The zero-order chi connectivity index (χ0) is 14.7. The Balaban J connectivity index is 1.75. The second-order valence-corrected chi connectivity index (χ2v) is 5.89. The van der Waals surface area contributed by atoms with E-state index in [1.165, 1.54) is 28.0 Å². The third kappa shape index (κ3) is 3.40. The van der Waals surface area contributed by atoms with Crippen molar-refractivity contribution in [1.82, 2.24) is 9.88 Å². The van der Waals surface area contributed by atoms with Crippen LogP contribution in [0.15, 0.2) is 48.7 Å². The van der Waals surface area contributed by atoms with Crippen LogP contribution in [0, 0.1) is 13.8 Å². The van der Waals surface area contributed by atoms with Crippen molar-refractivity contribution in [3.8, 4) is 0 Å². The normalized spacial score (nSPS) is 15.8. The van der Waals surface area contributed by atoms with Gasteiger partial charge in [-0.1, -0.05) is 42.5 Å². The topological polar surface area (TPSA) is 16.1 Å². The van der Waals surface area contributed by atoms with E-state index in [0.29, 0.717) is 0 Å². The van der Waals surface area contributed by atoms with Crippen molar-refractivity contribution in [3.05, 3.63) is 71.1 Å². The number of pyridine rings is 1. The van der Waals surface area contributed by atoms with Crippen LogP contribution in [0.25, 0.3) is 5.57 Å². The van der Waals surface area contributed by atoms with Crippen molar-refractivity contribution in [2.45, 2.75) is 26.8 Å². The van der Waals surface area contributed by atoms with Crippen molar-refractivity contribution < 1.29 is 0 Å². The van der Waals surface area contributed by atoms with Gasteiger partial charge in [0, 0.05) is 25.8 Å². The second kappa shape index (κ2) is 6.23. The lowest BCUT2D eigenvalue weighted by Gasteiger charge is -2.27. The zero-order valence-electron chi connectivity index (χ0n) is 12.8. The lowest BCUT2D eigenvalue weighted by Crippen LogP contribution is -2.29. The first-order chi connectivity index (χ1) is 10.2. The molecule has 0 amide bonds. The highest BCUT2D eigenvalue weighted by atomic mass is 15.1. The van der Waals surface area contributed by atoms with Crippen molar-refractivity contribution in [2.75, 3.05) is 13.1 Å². The first-order valence-electron chi connectivity index (χ1n) is 7.61. The second-order valence-electron chi connectivity index (χ2n) is 5.89. The number of benzene rings is 1. The van der Waals surface area contributed by atoms with E-state index < -0.39 is 0 Å². The van der Waals surface area contributed by atoms with Gasteiger partial charge < -0.3 is 0 Å². The van der Waals surface area contributed by atoms with Crippen molar-refractivity contribution >= 4 is 5.57 Å². The van der Waals surface area contributed by atoms with Crippen LogP contribution in [0.5, 0.6) is 0 Å². The molecule has 0 N–H and O–H groups in total. The molecule has 0 bridgehead atoms. The standard InChI is InChI=1S/C19H22N2/c1-15-11-16(2)19(20-12-15)18-9-6-10-21(14-18)13-17-7-4-3-5-8-17/h3-5,7-9,11-12H,6,10,13-14H2,1-2H3. The highest BCUT2D eigenvalue weighted by Crippen LogP contribution is 2.23. The van der Waals surface area contributed by atoms with Gasteiger partial charge >= 0.3 is 0 Å². The van der Waals surface area contributed by atoms with Crippen LogP contribution in [-0.2, 0) is 6.54 Å². The smallest absolute Gasteiger partial charge is 0.0700 e. The third-order valence-electron chi connectivity index (χ3n) is 4.00. The van der Waals surface area contributed by atoms with Gasteiger partial charge in [0.1, 0.15) is 0 Å². The van der Waals surface area contributed by atoms with Gasteiger partial charge in [0.25, 0.3) is 0 Å². The maximum atomic E-state index is 4.65. The molecule has 2 aromatic rings. The molecule has 2 nitrogen and oxygen atoms in total. The first-order valence-corrected chi connectivity index (χ1v) is 7.61. The lowest BCUT2D eigenvalue weighted by atomic mass is 10.0. The van der Waals surface area contributed by atoms with Crippen LogP contribution in [0.3, 0.4) is 0 Å². The predicted molar refractivity (Wildman–Crippen MR) is 88.0 cm³/mol. The van der Waals surface area contributed by atoms with Gasteiger partial charge in [-0.3, -0.25) is 9.88 Å². The van der Waals surface area contributed by atoms with Crippen LogP contribution >= 0.6 is 0 Å². The Bertz CT molecular complexity index is 644. The van der Waals surface area contributed by atoms with Crippen LogP contribution in [0.2, 0.25) is 0 Å². The van der Waals surface area contributed by atoms with Gasteiger partial charge in [-0.15, -0.1) is 0 Å². The Morgan fingerprint density at radius 2 is 1.95 bits per heavy atom. The summed E-state index contributed by atoms with van der Waals surface area (Å²) in [6, 6.07) is 12.9. The Morgan fingerprint density at radius 1 is 1.14 bits per heavy atom. The molecule has 3 rings (SSSR count). The summed E-state index contributed by atoms with van der Waals surface area (Å²) in [5, 5.41) is 0. The fraction of sp³-hybridized carbons (Fsp3) is 0.316. The van der Waals surface area contributed by atoms with E-state index in [0.717, 1.165) is 26.1 Å². The highest BCUT2D eigenvalue weighted by molar-refractivity contribution is 5.67. The molecule has 0 unspecified atom stereocenters. The minimum absolute atomic E-state index is 0.992. The van der Waals surface area contributed by atoms with E-state index in [9.17, 15) is 0 Å². The van der Waals surface area contributed by atoms with E-state index in [2.05, 4.69) is 66.2 Å². The van der Waals surface area contributed by atoms with Crippen LogP contribution in [0.1, 0.15) is 28.8 Å². The molecule has 0 saturated carbocycles. The van der Waals surface area contributed by atoms with E-state index in [1.54, 1.807) is 0 Å². The number of hydrogen-bond acceptors (Lipinski definition) is 2. The first kappa shape index (κ1) is 14.0. The lowest BCUT2D eigenvalue weighted by molar-refractivity contribution is 0.296. The summed E-state index contributed by atoms with van der Waals surface area (Å²) >= 11 is 0. The van der Waals surface area contributed by atoms with Crippen molar-refractivity contribution in [1.29, 1.82) is 0 Å². The fourth-order valence-electron chi connectivity index (χ4n) is 3.01. The van der Waals surface area contributed by atoms with Crippen LogP contribution in [-0.4, -0.2) is 23.0 Å². The molecule has 1 aromatic heterocycles. The monoisotopic (exact) mass is 278 g/mol. The maximum absolute atomic E-state index is 4.65. The number of nitrogens with zero attached hydrogens (tertiary/aromatic N) is 2. The zero-order valence-corrected chi connectivity index (χ0v) is 12.8. The number of rotatable bonds is 3. The molecule has 1 aliphatic heterocycles. The predicted octanol–water partition coefficient (Wildman–Crippen LogP) is 3.99. The van der Waals surface area contributed by atoms with Gasteiger partial charge in [0.15, 0.2) is 0 Å². The molecule has 108 valence electrons. The van der Waals surface area contributed by atoms with E-state index in [-0.39, 0.29) is 0 Å². The summed E-state index contributed by atoms with van der Waals surface area (Å²) in [7, 11) is 0. The molecule has 1 aromatic carbocycles. The Labute approximate surface area is 127 Å². The molecular formula is C19H22N2. The maximum Gasteiger partial charge on any atom is 0.0700 e. The van der Waals surface area contributed by atoms with Crippen LogP contribution in [0.4, 0.5) is 0 Å². The average Bonchev–Trinajstić information content (AvgIpc) is 2.48. The number of aryl methyl sites for hydroxylation is 2. The largest absolute Gasteiger partial charge is 0.294 e. The van der Waals surface area contributed by atoms with E-state index in [1.807, 2.05) is 6.20 Å². The van der Waals surface area contributed by atoms with Gasteiger partial charge in [-0.05, 0) is 42.5 Å². The number of aromatic nitrogens is 1. The quantitative estimate of drug-likeness (QED) is 0.844. The van der Waals surface area contributed by atoms with E-state index >= 15 is 0 Å².